The molecule has 0 saturated carbocycles. The minimum Gasteiger partial charge on any atom is -0.146 e. The summed E-state index contributed by atoms with van der Waals surface area (Å²) in [6.45, 7) is 0. The zero-order chi connectivity index (χ0) is 11.0. The lowest BCUT2D eigenvalue weighted by molar-refractivity contribution is 1.22. The number of thiophene rings is 2. The third-order valence-corrected chi connectivity index (χ3v) is 7.76. The van der Waals surface area contributed by atoms with Crippen molar-refractivity contribution in [3.63, 3.8) is 0 Å². The lowest BCUT2D eigenvalue weighted by Gasteiger charge is -2.07. The molecule has 80 valence electrons. The molecule has 0 aliphatic carbocycles. The van der Waals surface area contributed by atoms with Crippen LogP contribution >= 0.6 is 93.1 Å². The minimum absolute atomic E-state index is 0.279. The molecule has 0 fully saturated rings. The summed E-state index contributed by atoms with van der Waals surface area (Å²) in [6.07, 6.45) is 0. The standard InChI is InChI=1S/C9H4Br3IS2/c10-6-3-4(9(12)15-6)7(11)8-5(13)1-2-14-8/h1-3,7H. The molecular weight excluding hydrogens is 539 g/mol. The van der Waals surface area contributed by atoms with Crippen molar-refractivity contribution in [2.45, 2.75) is 4.83 Å². The van der Waals surface area contributed by atoms with Crippen molar-refractivity contribution in [3.05, 3.63) is 39.1 Å². The molecular formula is C9H4Br3IS2. The topological polar surface area (TPSA) is 0 Å². The van der Waals surface area contributed by atoms with Gasteiger partial charge < -0.3 is 0 Å². The zero-order valence-electron chi connectivity index (χ0n) is 7.14. The maximum atomic E-state index is 3.75. The number of alkyl halides is 1. The highest BCUT2D eigenvalue weighted by Gasteiger charge is 2.19. The van der Waals surface area contributed by atoms with Gasteiger partial charge in [-0.1, -0.05) is 15.9 Å². The van der Waals surface area contributed by atoms with E-state index in [1.807, 2.05) is 0 Å². The van der Waals surface area contributed by atoms with Crippen LogP contribution in [0.2, 0.25) is 0 Å². The number of halogens is 4. The second kappa shape index (κ2) is 5.48. The van der Waals surface area contributed by atoms with Gasteiger partial charge in [0.2, 0.25) is 0 Å². The molecule has 0 aliphatic heterocycles. The predicted molar refractivity (Wildman–Crippen MR) is 87.5 cm³/mol. The summed E-state index contributed by atoms with van der Waals surface area (Å²) in [4.78, 5) is 1.64. The Morgan fingerprint density at radius 3 is 2.53 bits per heavy atom. The highest BCUT2D eigenvalue weighted by molar-refractivity contribution is 14.1. The third kappa shape index (κ3) is 2.88. The van der Waals surface area contributed by atoms with Gasteiger partial charge in [0.1, 0.15) is 0 Å². The Morgan fingerprint density at radius 1 is 1.33 bits per heavy atom. The number of rotatable bonds is 2. The average Bonchev–Trinajstić information content (AvgIpc) is 2.71. The monoisotopic (exact) mass is 540 g/mol. The predicted octanol–water partition coefficient (Wildman–Crippen LogP) is 6.42. The molecule has 1 unspecified atom stereocenters. The first-order valence-electron chi connectivity index (χ1n) is 3.91. The van der Waals surface area contributed by atoms with Crippen LogP contribution in [0, 0.1) is 3.57 Å². The van der Waals surface area contributed by atoms with Crippen molar-refractivity contribution in [3.8, 4) is 0 Å². The molecule has 6 heteroatoms. The summed E-state index contributed by atoms with van der Waals surface area (Å²) >= 11 is 16.7. The van der Waals surface area contributed by atoms with Crippen molar-refractivity contribution in [1.82, 2.24) is 0 Å². The summed E-state index contributed by atoms with van der Waals surface area (Å²) in [5, 5.41) is 2.13. The van der Waals surface area contributed by atoms with E-state index >= 15 is 0 Å². The molecule has 2 heterocycles. The van der Waals surface area contributed by atoms with Gasteiger partial charge in [-0.2, -0.15) is 0 Å². The van der Waals surface area contributed by atoms with Crippen molar-refractivity contribution < 1.29 is 0 Å². The van der Waals surface area contributed by atoms with Crippen LogP contribution in [0.25, 0.3) is 0 Å². The molecule has 2 rings (SSSR count). The minimum atomic E-state index is 0.279. The summed E-state index contributed by atoms with van der Waals surface area (Å²) in [5.74, 6) is 0. The van der Waals surface area contributed by atoms with Crippen LogP contribution in [0.5, 0.6) is 0 Å². The first-order chi connectivity index (χ1) is 7.09. The van der Waals surface area contributed by atoms with Gasteiger partial charge in [0.15, 0.2) is 0 Å². The van der Waals surface area contributed by atoms with Crippen molar-refractivity contribution in [2.75, 3.05) is 0 Å². The molecule has 2 aromatic rings. The van der Waals surface area contributed by atoms with Crippen molar-refractivity contribution >= 4 is 93.1 Å². The first kappa shape index (κ1) is 13.0. The van der Waals surface area contributed by atoms with Gasteiger partial charge in [0.25, 0.3) is 0 Å². The molecule has 2 aromatic heterocycles. The Hall–Kier alpha value is 1.57. The summed E-state index contributed by atoms with van der Waals surface area (Å²) in [6, 6.07) is 4.30. The molecule has 0 aliphatic rings. The third-order valence-electron chi connectivity index (χ3n) is 1.83. The zero-order valence-corrected chi connectivity index (χ0v) is 15.7. The molecule has 1 atom stereocenters. The molecule has 0 radical (unpaired) electrons. The van der Waals surface area contributed by atoms with Crippen LogP contribution in [0.3, 0.4) is 0 Å². The normalized spacial score (nSPS) is 13.1. The van der Waals surface area contributed by atoms with Crippen LogP contribution in [0.15, 0.2) is 25.1 Å². The Balaban J connectivity index is 2.40. The first-order valence-corrected chi connectivity index (χ1v) is 9.19. The molecule has 0 aromatic carbocycles. The van der Waals surface area contributed by atoms with E-state index in [2.05, 4.69) is 87.9 Å². The van der Waals surface area contributed by atoms with E-state index in [1.165, 1.54) is 17.8 Å². The van der Waals surface area contributed by atoms with E-state index in [9.17, 15) is 0 Å². The smallest absolute Gasteiger partial charge is 0.0768 e. The fraction of sp³-hybridized carbons (Fsp3) is 0.111. The van der Waals surface area contributed by atoms with E-state index in [4.69, 9.17) is 0 Å². The van der Waals surface area contributed by atoms with Gasteiger partial charge in [-0.05, 0) is 77.5 Å². The van der Waals surface area contributed by atoms with Gasteiger partial charge in [0.05, 0.1) is 12.4 Å². The van der Waals surface area contributed by atoms with Crippen molar-refractivity contribution in [1.29, 1.82) is 0 Å². The summed E-state index contributed by atoms with van der Waals surface area (Å²) in [5.41, 5.74) is 1.28. The number of hydrogen-bond donors (Lipinski definition) is 0. The maximum absolute atomic E-state index is 3.75. The second-order valence-electron chi connectivity index (χ2n) is 2.77. The molecule has 0 nitrogen and oxygen atoms in total. The lowest BCUT2D eigenvalue weighted by Crippen LogP contribution is -1.89. The summed E-state index contributed by atoms with van der Waals surface area (Å²) < 4.78 is 3.65. The molecule has 15 heavy (non-hydrogen) atoms. The summed E-state index contributed by atoms with van der Waals surface area (Å²) in [7, 11) is 0. The second-order valence-corrected chi connectivity index (χ2v) is 9.55. The van der Waals surface area contributed by atoms with E-state index in [1.54, 1.807) is 22.7 Å². The molecule has 0 N–H and O–H groups in total. The highest BCUT2D eigenvalue weighted by Crippen LogP contribution is 2.44. The average molecular weight is 543 g/mol. The SMILES string of the molecule is Brc1cc(C(Br)c2sccc2I)c(Br)s1. The van der Waals surface area contributed by atoms with Gasteiger partial charge >= 0.3 is 0 Å². The fourth-order valence-electron chi connectivity index (χ4n) is 1.15. The molecule has 0 amide bonds. The maximum Gasteiger partial charge on any atom is 0.0768 e. The Labute approximate surface area is 135 Å². The molecule has 0 bridgehead atoms. The van der Waals surface area contributed by atoms with Crippen LogP contribution in [-0.4, -0.2) is 0 Å². The van der Waals surface area contributed by atoms with Crippen LogP contribution in [-0.2, 0) is 0 Å². The quantitative estimate of drug-likeness (QED) is 0.303. The fourth-order valence-corrected chi connectivity index (χ4v) is 7.77. The van der Waals surface area contributed by atoms with Gasteiger partial charge in [-0.3, -0.25) is 0 Å². The van der Waals surface area contributed by atoms with Crippen molar-refractivity contribution in [2.24, 2.45) is 0 Å². The molecule has 0 spiro atoms. The Morgan fingerprint density at radius 2 is 2.07 bits per heavy atom. The van der Waals surface area contributed by atoms with Gasteiger partial charge in [-0.25, -0.2) is 0 Å². The highest BCUT2D eigenvalue weighted by atomic mass is 127. The van der Waals surface area contributed by atoms with E-state index < -0.39 is 0 Å². The largest absolute Gasteiger partial charge is 0.146 e. The van der Waals surface area contributed by atoms with Gasteiger partial charge in [0, 0.05) is 8.45 Å². The Bertz CT molecular complexity index is 477. The van der Waals surface area contributed by atoms with Gasteiger partial charge in [-0.15, -0.1) is 22.7 Å². The number of hydrogen-bond acceptors (Lipinski definition) is 2. The lowest BCUT2D eigenvalue weighted by atomic mass is 10.2. The van der Waals surface area contributed by atoms with E-state index in [-0.39, 0.29) is 4.83 Å². The van der Waals surface area contributed by atoms with Crippen LogP contribution < -0.4 is 0 Å². The Kier molecular flexibility index (Phi) is 4.75. The van der Waals surface area contributed by atoms with E-state index in [0.29, 0.717) is 0 Å². The molecule has 0 saturated heterocycles. The van der Waals surface area contributed by atoms with Crippen LogP contribution in [0.4, 0.5) is 0 Å². The van der Waals surface area contributed by atoms with Crippen LogP contribution in [0.1, 0.15) is 15.3 Å². The van der Waals surface area contributed by atoms with E-state index in [0.717, 1.165) is 3.79 Å².